The van der Waals surface area contributed by atoms with Crippen molar-refractivity contribution in [1.82, 2.24) is 5.32 Å². The molecule has 0 spiro atoms. The number of methoxy groups -OCH3 is 3. The van der Waals surface area contributed by atoms with E-state index in [2.05, 4.69) is 15.6 Å². The van der Waals surface area contributed by atoms with Gasteiger partial charge in [0.2, 0.25) is 0 Å². The first-order valence-corrected chi connectivity index (χ1v) is 9.50. The minimum atomic E-state index is -0.294. The van der Waals surface area contributed by atoms with Gasteiger partial charge in [-0.3, -0.25) is 4.79 Å². The molecule has 1 aliphatic heterocycles. The van der Waals surface area contributed by atoms with Crippen LogP contribution in [0.25, 0.3) is 6.08 Å². The topological polar surface area (TPSA) is 81.2 Å². The van der Waals surface area contributed by atoms with Crippen molar-refractivity contribution in [3.8, 4) is 17.2 Å². The number of ether oxygens (including phenoxy) is 3. The van der Waals surface area contributed by atoms with Gasteiger partial charge in [0, 0.05) is 18.7 Å². The SMILES string of the molecule is COc1ccc(OC)c(NC(=S)NCCC2C=c3ccc(OC)cc3=NC2=O)c1. The van der Waals surface area contributed by atoms with Crippen molar-refractivity contribution >= 4 is 35.0 Å². The first-order chi connectivity index (χ1) is 14.0. The van der Waals surface area contributed by atoms with Crippen LogP contribution in [0.1, 0.15) is 6.42 Å². The average molecular weight is 413 g/mol. The van der Waals surface area contributed by atoms with Gasteiger partial charge in [0.15, 0.2) is 5.11 Å². The second-order valence-corrected chi connectivity index (χ2v) is 6.79. The van der Waals surface area contributed by atoms with Gasteiger partial charge in [-0.25, -0.2) is 4.99 Å². The van der Waals surface area contributed by atoms with Crippen LogP contribution < -0.4 is 35.4 Å². The van der Waals surface area contributed by atoms with Gasteiger partial charge in [0.1, 0.15) is 17.2 Å². The summed E-state index contributed by atoms with van der Waals surface area (Å²) in [4.78, 5) is 16.5. The smallest absolute Gasteiger partial charge is 0.253 e. The van der Waals surface area contributed by atoms with Crippen LogP contribution in [0.5, 0.6) is 17.2 Å². The zero-order chi connectivity index (χ0) is 20.8. The van der Waals surface area contributed by atoms with Gasteiger partial charge in [-0.05, 0) is 48.1 Å². The molecule has 1 amide bonds. The summed E-state index contributed by atoms with van der Waals surface area (Å²) in [6.07, 6.45) is 2.51. The summed E-state index contributed by atoms with van der Waals surface area (Å²) in [6, 6.07) is 10.9. The van der Waals surface area contributed by atoms with E-state index in [4.69, 9.17) is 26.4 Å². The number of hydrogen-bond donors (Lipinski definition) is 2. The lowest BCUT2D eigenvalue weighted by Gasteiger charge is -2.16. The monoisotopic (exact) mass is 413 g/mol. The van der Waals surface area contributed by atoms with E-state index < -0.39 is 0 Å². The third kappa shape index (κ3) is 5.03. The van der Waals surface area contributed by atoms with Crippen LogP contribution in [0.4, 0.5) is 5.69 Å². The van der Waals surface area contributed by atoms with Crippen LogP contribution in [0.2, 0.25) is 0 Å². The van der Waals surface area contributed by atoms with Crippen LogP contribution in [0.3, 0.4) is 0 Å². The van der Waals surface area contributed by atoms with Gasteiger partial charge in [-0.1, -0.05) is 6.08 Å². The Balaban J connectivity index is 1.59. The number of nitrogens with one attached hydrogen (secondary N) is 2. The number of carbonyl (C=O) groups is 1. The van der Waals surface area contributed by atoms with E-state index >= 15 is 0 Å². The molecule has 0 aromatic heterocycles. The van der Waals surface area contributed by atoms with Crippen LogP contribution in [0.15, 0.2) is 41.4 Å². The fourth-order valence-electron chi connectivity index (χ4n) is 3.00. The van der Waals surface area contributed by atoms with E-state index in [1.54, 1.807) is 39.5 Å². The second-order valence-electron chi connectivity index (χ2n) is 6.38. The Morgan fingerprint density at radius 1 is 1.07 bits per heavy atom. The van der Waals surface area contributed by atoms with Crippen molar-refractivity contribution in [1.29, 1.82) is 0 Å². The molecule has 2 aromatic carbocycles. The van der Waals surface area contributed by atoms with E-state index in [1.807, 2.05) is 24.3 Å². The van der Waals surface area contributed by atoms with Crippen molar-refractivity contribution in [3.63, 3.8) is 0 Å². The van der Waals surface area contributed by atoms with Crippen molar-refractivity contribution < 1.29 is 19.0 Å². The predicted octanol–water partition coefficient (Wildman–Crippen LogP) is 1.65. The Bertz CT molecular complexity index is 1040. The third-order valence-electron chi connectivity index (χ3n) is 4.56. The number of rotatable bonds is 7. The summed E-state index contributed by atoms with van der Waals surface area (Å²) < 4.78 is 15.7. The first-order valence-electron chi connectivity index (χ1n) is 9.09. The largest absolute Gasteiger partial charge is 0.497 e. The summed E-state index contributed by atoms with van der Waals surface area (Å²) in [5, 5.41) is 8.22. The molecule has 8 heteroatoms. The lowest BCUT2D eigenvalue weighted by Crippen LogP contribution is -2.36. The Kier molecular flexibility index (Phi) is 6.66. The summed E-state index contributed by atoms with van der Waals surface area (Å²) >= 11 is 5.36. The molecule has 0 saturated carbocycles. The van der Waals surface area contributed by atoms with Crippen LogP contribution >= 0.6 is 12.2 Å². The number of carbonyl (C=O) groups excluding carboxylic acids is 1. The summed E-state index contributed by atoms with van der Waals surface area (Å²) in [6.45, 7) is 0.520. The van der Waals surface area contributed by atoms with Gasteiger partial charge in [0.25, 0.3) is 5.91 Å². The summed E-state index contributed by atoms with van der Waals surface area (Å²) in [5.41, 5.74) is 0.697. The number of thiocarbonyl (C=S) groups is 1. The van der Waals surface area contributed by atoms with E-state index in [0.29, 0.717) is 46.4 Å². The molecule has 0 saturated heterocycles. The maximum Gasteiger partial charge on any atom is 0.253 e. The van der Waals surface area contributed by atoms with Crippen molar-refractivity contribution in [2.24, 2.45) is 10.9 Å². The van der Waals surface area contributed by atoms with E-state index in [9.17, 15) is 4.79 Å². The minimum absolute atomic E-state index is 0.166. The standard InChI is InChI=1S/C21H23N3O4S/c1-26-15-5-4-13-10-14(20(25)23-17(13)11-15)8-9-22-21(29)24-18-12-16(27-2)6-7-19(18)28-3/h4-7,10-12,14H,8-9H2,1-3H3,(H2,22,24,29). The average Bonchev–Trinajstić information content (AvgIpc) is 2.73. The highest BCUT2D eigenvalue weighted by atomic mass is 32.1. The molecule has 1 heterocycles. The molecule has 0 aliphatic carbocycles. The highest BCUT2D eigenvalue weighted by Crippen LogP contribution is 2.28. The zero-order valence-corrected chi connectivity index (χ0v) is 17.3. The molecule has 1 atom stereocenters. The molecule has 7 nitrogen and oxygen atoms in total. The van der Waals surface area contributed by atoms with E-state index in [0.717, 1.165) is 5.22 Å². The Labute approximate surface area is 174 Å². The Morgan fingerprint density at radius 2 is 1.79 bits per heavy atom. The van der Waals surface area contributed by atoms with Crippen LogP contribution in [0, 0.1) is 5.92 Å². The molecular weight excluding hydrogens is 390 g/mol. The highest BCUT2D eigenvalue weighted by Gasteiger charge is 2.18. The van der Waals surface area contributed by atoms with Gasteiger partial charge in [0.05, 0.1) is 38.3 Å². The lowest BCUT2D eigenvalue weighted by molar-refractivity contribution is -0.120. The minimum Gasteiger partial charge on any atom is -0.497 e. The van der Waals surface area contributed by atoms with Crippen LogP contribution in [-0.4, -0.2) is 38.9 Å². The van der Waals surface area contributed by atoms with Crippen molar-refractivity contribution in [3.05, 3.63) is 47.0 Å². The Morgan fingerprint density at radius 3 is 2.52 bits per heavy atom. The summed E-state index contributed by atoms with van der Waals surface area (Å²) in [7, 11) is 4.77. The molecule has 0 fully saturated rings. The molecule has 0 radical (unpaired) electrons. The highest BCUT2D eigenvalue weighted by molar-refractivity contribution is 7.80. The number of benzene rings is 2. The maximum absolute atomic E-state index is 12.3. The molecule has 1 unspecified atom stereocenters. The molecule has 1 aliphatic rings. The summed E-state index contributed by atoms with van der Waals surface area (Å²) in [5.74, 6) is 1.56. The number of amides is 1. The van der Waals surface area contributed by atoms with E-state index in [-0.39, 0.29) is 11.8 Å². The second kappa shape index (κ2) is 9.38. The fraction of sp³-hybridized carbons (Fsp3) is 0.286. The lowest BCUT2D eigenvalue weighted by atomic mass is 10.0. The van der Waals surface area contributed by atoms with Gasteiger partial charge in [-0.2, -0.15) is 0 Å². The van der Waals surface area contributed by atoms with Crippen LogP contribution in [-0.2, 0) is 4.79 Å². The molecule has 0 bridgehead atoms. The molecule has 3 rings (SSSR count). The number of nitrogens with zero attached hydrogens (tertiary/aromatic N) is 1. The molecular formula is C21H23N3O4S. The molecule has 2 aromatic rings. The number of fused-ring (bicyclic) bond motifs is 1. The molecule has 29 heavy (non-hydrogen) atoms. The number of anilines is 1. The van der Waals surface area contributed by atoms with E-state index in [1.165, 1.54) is 0 Å². The third-order valence-corrected chi connectivity index (χ3v) is 4.81. The van der Waals surface area contributed by atoms with Gasteiger partial charge >= 0.3 is 0 Å². The normalized spacial score (nSPS) is 14.7. The fourth-order valence-corrected chi connectivity index (χ4v) is 3.22. The Hall–Kier alpha value is -3.13. The predicted molar refractivity (Wildman–Crippen MR) is 115 cm³/mol. The quantitative estimate of drug-likeness (QED) is 0.668. The van der Waals surface area contributed by atoms with Crippen molar-refractivity contribution in [2.45, 2.75) is 6.42 Å². The first kappa shape index (κ1) is 20.6. The van der Waals surface area contributed by atoms with Gasteiger partial charge < -0.3 is 24.8 Å². The number of hydrogen-bond acceptors (Lipinski definition) is 5. The van der Waals surface area contributed by atoms with Crippen molar-refractivity contribution in [2.75, 3.05) is 33.2 Å². The molecule has 152 valence electrons. The maximum atomic E-state index is 12.3. The zero-order valence-electron chi connectivity index (χ0n) is 16.5. The molecule has 2 N–H and O–H groups in total. The van der Waals surface area contributed by atoms with Gasteiger partial charge in [-0.15, -0.1) is 0 Å².